The Morgan fingerprint density at radius 2 is 1.63 bits per heavy atom. The number of carboxylic acids is 1. The second-order valence-electron chi connectivity index (χ2n) is 6.97. The minimum atomic E-state index is -1.03. The number of benzene rings is 2. The molecule has 0 atom stereocenters. The highest BCUT2D eigenvalue weighted by molar-refractivity contribution is 6.32. The number of carbonyl (C=O) groups is 2. The van der Waals surface area contributed by atoms with Crippen LogP contribution in [0.3, 0.4) is 0 Å². The number of ketones is 1. The number of Topliss-reactive ketones (excluding diaryl/α,β-unsaturated/α-hetero) is 1. The molecule has 2 rings (SSSR count). The Labute approximate surface area is 181 Å². The zero-order valence-corrected chi connectivity index (χ0v) is 18.0. The highest BCUT2D eigenvalue weighted by atomic mass is 35.5. The highest BCUT2D eigenvalue weighted by Gasteiger charge is 2.15. The van der Waals surface area contributed by atoms with Crippen LogP contribution >= 0.6 is 11.6 Å². The third kappa shape index (κ3) is 6.39. The summed E-state index contributed by atoms with van der Waals surface area (Å²) in [4.78, 5) is 22.9. The van der Waals surface area contributed by atoms with Crippen molar-refractivity contribution in [2.24, 2.45) is 0 Å². The number of unbranched alkanes of at least 4 members (excludes halogenated alkanes) is 2. The van der Waals surface area contributed by atoms with Gasteiger partial charge in [0, 0.05) is 12.0 Å². The third-order valence-electron chi connectivity index (χ3n) is 4.64. The van der Waals surface area contributed by atoms with Gasteiger partial charge in [-0.05, 0) is 62.9 Å². The lowest BCUT2D eigenvalue weighted by Gasteiger charge is -2.13. The molecule has 30 heavy (non-hydrogen) atoms. The van der Waals surface area contributed by atoms with E-state index in [9.17, 15) is 14.7 Å². The van der Waals surface area contributed by atoms with Gasteiger partial charge in [-0.3, -0.25) is 4.79 Å². The normalized spacial score (nSPS) is 10.6. The van der Waals surface area contributed by atoms with Gasteiger partial charge in [0.25, 0.3) is 0 Å². The quantitative estimate of drug-likeness (QED) is 0.330. The molecular formula is C23H27ClO6. The minimum absolute atomic E-state index is 0.00912. The van der Waals surface area contributed by atoms with Gasteiger partial charge in [-0.15, -0.1) is 0 Å². The molecule has 6 nitrogen and oxygen atoms in total. The molecule has 0 aliphatic heterocycles. The number of aromatic hydroxyl groups is 1. The predicted octanol–water partition coefficient (Wildman–Crippen LogP) is 5.66. The Morgan fingerprint density at radius 3 is 2.23 bits per heavy atom. The van der Waals surface area contributed by atoms with Gasteiger partial charge < -0.3 is 19.7 Å². The van der Waals surface area contributed by atoms with Gasteiger partial charge in [-0.1, -0.05) is 18.5 Å². The summed E-state index contributed by atoms with van der Waals surface area (Å²) in [5.74, 6) is -0.0782. The van der Waals surface area contributed by atoms with E-state index >= 15 is 0 Å². The molecule has 2 N–H and O–H groups in total. The van der Waals surface area contributed by atoms with Gasteiger partial charge in [0.15, 0.2) is 5.78 Å². The summed E-state index contributed by atoms with van der Waals surface area (Å²) in [6, 6.07) is 7.72. The van der Waals surface area contributed by atoms with Crippen LogP contribution in [0.2, 0.25) is 5.02 Å². The fraction of sp³-hybridized carbons (Fsp3) is 0.391. The van der Waals surface area contributed by atoms with Crippen molar-refractivity contribution >= 4 is 23.4 Å². The highest BCUT2D eigenvalue weighted by Crippen LogP contribution is 2.31. The molecule has 0 heterocycles. The zero-order valence-electron chi connectivity index (χ0n) is 17.2. The standard InChI is InChI=1S/C23H27ClO6/c1-3-7-19(25)17-9-11-20(15(2)22(17)26)29-12-5-4-6-13-30-21-10-8-16(23(27)28)14-18(21)24/h8-11,14,26H,3-7,12-13H2,1-2H3,(H,27,28). The first-order valence-corrected chi connectivity index (χ1v) is 10.4. The van der Waals surface area contributed by atoms with Crippen LogP contribution in [0.4, 0.5) is 0 Å². The van der Waals surface area contributed by atoms with E-state index in [1.807, 2.05) is 6.92 Å². The van der Waals surface area contributed by atoms with Crippen molar-refractivity contribution < 1.29 is 29.3 Å². The van der Waals surface area contributed by atoms with E-state index in [4.69, 9.17) is 26.2 Å². The van der Waals surface area contributed by atoms with Crippen molar-refractivity contribution in [1.29, 1.82) is 0 Å². The fourth-order valence-electron chi connectivity index (χ4n) is 2.92. The molecule has 7 heteroatoms. The number of carbonyl (C=O) groups excluding carboxylic acids is 1. The SMILES string of the molecule is CCCC(=O)c1ccc(OCCCCCOc2ccc(C(=O)O)cc2Cl)c(C)c1O. The number of phenolic OH excluding ortho intramolecular Hbond substituents is 1. The molecule has 0 aromatic heterocycles. The molecule has 0 radical (unpaired) electrons. The van der Waals surface area contributed by atoms with Crippen LogP contribution in [-0.2, 0) is 0 Å². The number of hydrogen-bond donors (Lipinski definition) is 2. The molecule has 0 unspecified atom stereocenters. The summed E-state index contributed by atoms with van der Waals surface area (Å²) >= 11 is 6.03. The van der Waals surface area contributed by atoms with Gasteiger partial charge in [0.05, 0.1) is 29.4 Å². The Hall–Kier alpha value is -2.73. The molecular weight excluding hydrogens is 408 g/mol. The molecule has 0 fully saturated rings. The zero-order chi connectivity index (χ0) is 22.1. The molecule has 0 amide bonds. The second kappa shape index (κ2) is 11.5. The van der Waals surface area contributed by atoms with Gasteiger partial charge in [0.2, 0.25) is 0 Å². The van der Waals surface area contributed by atoms with Crippen molar-refractivity contribution in [3.8, 4) is 17.2 Å². The number of carboxylic acid groups (broad SMARTS) is 1. The first-order valence-electron chi connectivity index (χ1n) is 9.99. The second-order valence-corrected chi connectivity index (χ2v) is 7.37. The lowest BCUT2D eigenvalue weighted by molar-refractivity contribution is 0.0696. The first-order chi connectivity index (χ1) is 14.3. The van der Waals surface area contributed by atoms with Gasteiger partial charge >= 0.3 is 5.97 Å². The van der Waals surface area contributed by atoms with Crippen LogP contribution in [0, 0.1) is 6.92 Å². The topological polar surface area (TPSA) is 93.1 Å². The Balaban J connectivity index is 1.73. The molecule has 2 aromatic carbocycles. The van der Waals surface area contributed by atoms with Crippen LogP contribution in [0.15, 0.2) is 30.3 Å². The Bertz CT molecular complexity index is 894. The van der Waals surface area contributed by atoms with Crippen molar-refractivity contribution in [3.63, 3.8) is 0 Å². The summed E-state index contributed by atoms with van der Waals surface area (Å²) in [7, 11) is 0. The maximum Gasteiger partial charge on any atom is 0.335 e. The largest absolute Gasteiger partial charge is 0.507 e. The van der Waals surface area contributed by atoms with Crippen LogP contribution in [-0.4, -0.2) is 35.2 Å². The van der Waals surface area contributed by atoms with Crippen LogP contribution in [0.25, 0.3) is 0 Å². The van der Waals surface area contributed by atoms with Crippen molar-refractivity contribution in [3.05, 3.63) is 52.0 Å². The molecule has 0 saturated heterocycles. The Kier molecular flexibility index (Phi) is 8.99. The van der Waals surface area contributed by atoms with E-state index in [1.165, 1.54) is 12.1 Å². The maximum absolute atomic E-state index is 12.0. The van der Waals surface area contributed by atoms with Crippen LogP contribution in [0.5, 0.6) is 17.2 Å². The minimum Gasteiger partial charge on any atom is -0.507 e. The number of aromatic carboxylic acids is 1. The van der Waals surface area contributed by atoms with Gasteiger partial charge in [0.1, 0.15) is 17.2 Å². The summed E-state index contributed by atoms with van der Waals surface area (Å²) in [6.07, 6.45) is 3.59. The van der Waals surface area contributed by atoms with Gasteiger partial charge in [-0.25, -0.2) is 4.79 Å². The number of ether oxygens (including phenoxy) is 2. The van der Waals surface area contributed by atoms with Crippen molar-refractivity contribution in [2.75, 3.05) is 13.2 Å². The van der Waals surface area contributed by atoms with E-state index < -0.39 is 5.97 Å². The summed E-state index contributed by atoms with van der Waals surface area (Å²) in [6.45, 7) is 4.60. The van der Waals surface area contributed by atoms with Crippen LogP contribution < -0.4 is 9.47 Å². The molecule has 162 valence electrons. The van der Waals surface area contributed by atoms with E-state index in [0.717, 1.165) is 25.7 Å². The summed E-state index contributed by atoms with van der Waals surface area (Å²) in [5.41, 5.74) is 1.03. The lowest BCUT2D eigenvalue weighted by Crippen LogP contribution is -2.04. The van der Waals surface area contributed by atoms with E-state index in [0.29, 0.717) is 42.3 Å². The number of halogens is 1. The molecule has 0 aliphatic carbocycles. The smallest absolute Gasteiger partial charge is 0.335 e. The van der Waals surface area contributed by atoms with Crippen molar-refractivity contribution in [2.45, 2.75) is 46.0 Å². The number of phenols is 1. The van der Waals surface area contributed by atoms with E-state index in [1.54, 1.807) is 25.1 Å². The van der Waals surface area contributed by atoms with E-state index in [-0.39, 0.29) is 22.1 Å². The molecule has 0 saturated carbocycles. The van der Waals surface area contributed by atoms with E-state index in [2.05, 4.69) is 0 Å². The number of rotatable bonds is 12. The predicted molar refractivity (Wildman–Crippen MR) is 115 cm³/mol. The average Bonchev–Trinajstić information content (AvgIpc) is 2.71. The maximum atomic E-state index is 12.0. The first kappa shape index (κ1) is 23.5. The summed E-state index contributed by atoms with van der Waals surface area (Å²) in [5, 5.41) is 19.5. The Morgan fingerprint density at radius 1 is 1.00 bits per heavy atom. The molecule has 2 aromatic rings. The third-order valence-corrected chi connectivity index (χ3v) is 4.94. The fourth-order valence-corrected chi connectivity index (χ4v) is 3.16. The molecule has 0 aliphatic rings. The average molecular weight is 435 g/mol. The van der Waals surface area contributed by atoms with Crippen LogP contribution in [0.1, 0.15) is 65.3 Å². The number of hydrogen-bond acceptors (Lipinski definition) is 5. The molecule has 0 spiro atoms. The lowest BCUT2D eigenvalue weighted by atomic mass is 10.0. The van der Waals surface area contributed by atoms with Gasteiger partial charge in [-0.2, -0.15) is 0 Å². The van der Waals surface area contributed by atoms with Crippen molar-refractivity contribution in [1.82, 2.24) is 0 Å². The molecule has 0 bridgehead atoms. The monoisotopic (exact) mass is 434 g/mol. The summed E-state index contributed by atoms with van der Waals surface area (Å²) < 4.78 is 11.3.